The topological polar surface area (TPSA) is 118 Å². The van der Waals surface area contributed by atoms with Gasteiger partial charge in [-0.25, -0.2) is 0 Å². The normalized spacial score (nSPS) is 21.7. The summed E-state index contributed by atoms with van der Waals surface area (Å²) < 4.78 is 0. The summed E-state index contributed by atoms with van der Waals surface area (Å²) in [6.07, 6.45) is 3.29. The van der Waals surface area contributed by atoms with Crippen molar-refractivity contribution in [1.29, 1.82) is 0 Å². The third kappa shape index (κ3) is 8.98. The van der Waals surface area contributed by atoms with Crippen LogP contribution in [0.15, 0.2) is 79.1 Å². The van der Waals surface area contributed by atoms with Crippen LogP contribution in [-0.2, 0) is 29.0 Å². The van der Waals surface area contributed by atoms with E-state index in [1.807, 2.05) is 72.9 Å². The van der Waals surface area contributed by atoms with Gasteiger partial charge in [0, 0.05) is 64.0 Å². The molecule has 9 heteroatoms. The Kier molecular flexibility index (Phi) is 11.3. The Morgan fingerprint density at radius 2 is 1.76 bits per heavy atom. The molecule has 1 fully saturated rings. The first-order chi connectivity index (χ1) is 21.8. The molecule has 9 nitrogen and oxygen atoms in total. The average Bonchev–Trinajstić information content (AvgIpc) is 3.35. The molecule has 240 valence electrons. The highest BCUT2D eigenvalue weighted by molar-refractivity contribution is 5.82. The Balaban J connectivity index is 1.27. The Bertz CT molecular complexity index is 1390. The van der Waals surface area contributed by atoms with E-state index in [4.69, 9.17) is 0 Å². The van der Waals surface area contributed by atoms with Crippen molar-refractivity contribution in [2.75, 3.05) is 32.7 Å². The lowest BCUT2D eigenvalue weighted by atomic mass is 9.91. The van der Waals surface area contributed by atoms with Crippen LogP contribution in [0.4, 0.5) is 0 Å². The minimum atomic E-state index is -0.824. The van der Waals surface area contributed by atoms with E-state index in [0.29, 0.717) is 44.9 Å². The van der Waals surface area contributed by atoms with Crippen LogP contribution in [0.25, 0.3) is 0 Å². The lowest BCUT2D eigenvalue weighted by Crippen LogP contribution is -2.60. The molecule has 2 heterocycles. The van der Waals surface area contributed by atoms with Crippen LogP contribution < -0.4 is 10.6 Å². The molecular formula is C36H47N5O4. The number of nitrogens with one attached hydrogen (secondary N) is 2. The zero-order chi connectivity index (χ0) is 31.8. The molecule has 2 amide bonds. The van der Waals surface area contributed by atoms with Crippen LogP contribution in [0.3, 0.4) is 0 Å². The number of carbonyl (C=O) groups excluding carboxylic acids is 2. The number of pyridine rings is 1. The fourth-order valence-electron chi connectivity index (χ4n) is 6.53. The van der Waals surface area contributed by atoms with Gasteiger partial charge in [-0.15, -0.1) is 0 Å². The molecule has 2 aliphatic rings. The first-order valence-corrected chi connectivity index (χ1v) is 16.2. The van der Waals surface area contributed by atoms with Crippen LogP contribution in [-0.4, -0.2) is 87.8 Å². The van der Waals surface area contributed by atoms with Crippen LogP contribution in [0.5, 0.6) is 0 Å². The Labute approximate surface area is 266 Å². The first-order valence-electron chi connectivity index (χ1n) is 16.2. The number of nitrogens with zero attached hydrogens (tertiary/aromatic N) is 3. The molecule has 1 saturated heterocycles. The van der Waals surface area contributed by atoms with Crippen molar-refractivity contribution in [2.45, 2.75) is 63.9 Å². The molecule has 1 aliphatic carbocycles. The van der Waals surface area contributed by atoms with Gasteiger partial charge in [0.05, 0.1) is 18.2 Å². The van der Waals surface area contributed by atoms with Crippen LogP contribution >= 0.6 is 0 Å². The third-order valence-electron chi connectivity index (χ3n) is 8.89. The van der Waals surface area contributed by atoms with Gasteiger partial charge in [0.1, 0.15) is 6.04 Å². The zero-order valence-corrected chi connectivity index (χ0v) is 26.4. The van der Waals surface area contributed by atoms with Gasteiger partial charge in [-0.1, -0.05) is 74.5 Å². The van der Waals surface area contributed by atoms with Gasteiger partial charge in [-0.05, 0) is 47.1 Å². The van der Waals surface area contributed by atoms with E-state index in [1.54, 1.807) is 6.20 Å². The summed E-state index contributed by atoms with van der Waals surface area (Å²) in [6.45, 7) is 7.63. The minimum Gasteiger partial charge on any atom is -0.392 e. The monoisotopic (exact) mass is 613 g/mol. The van der Waals surface area contributed by atoms with E-state index in [0.717, 1.165) is 28.8 Å². The summed E-state index contributed by atoms with van der Waals surface area (Å²) in [7, 11) is 0. The number of benzene rings is 2. The number of aromatic nitrogens is 1. The van der Waals surface area contributed by atoms with E-state index in [-0.39, 0.29) is 24.8 Å². The molecule has 0 radical (unpaired) electrons. The predicted octanol–water partition coefficient (Wildman–Crippen LogP) is 2.72. The number of β-amino-alcohol motifs (C(OH)–C–C–N with tert-alkyl or cyclic N) is 1. The highest BCUT2D eigenvalue weighted by Crippen LogP contribution is 2.32. The van der Waals surface area contributed by atoms with Crippen molar-refractivity contribution in [3.05, 3.63) is 101 Å². The number of hydrogen-bond donors (Lipinski definition) is 4. The van der Waals surface area contributed by atoms with E-state index >= 15 is 0 Å². The molecule has 3 aromatic rings. The van der Waals surface area contributed by atoms with Gasteiger partial charge in [0.25, 0.3) is 0 Å². The van der Waals surface area contributed by atoms with Crippen LogP contribution in [0.2, 0.25) is 0 Å². The molecule has 0 bridgehead atoms. The van der Waals surface area contributed by atoms with Gasteiger partial charge in [-0.2, -0.15) is 0 Å². The van der Waals surface area contributed by atoms with Crippen molar-refractivity contribution in [1.82, 2.24) is 25.4 Å². The maximum absolute atomic E-state index is 13.8. The molecule has 0 saturated carbocycles. The third-order valence-corrected chi connectivity index (χ3v) is 8.89. The smallest absolute Gasteiger partial charge is 0.238 e. The van der Waals surface area contributed by atoms with Gasteiger partial charge in [0.15, 0.2) is 0 Å². The summed E-state index contributed by atoms with van der Waals surface area (Å²) in [4.78, 5) is 35.8. The highest BCUT2D eigenvalue weighted by Gasteiger charge is 2.36. The maximum atomic E-state index is 13.8. The molecule has 5 atom stereocenters. The highest BCUT2D eigenvalue weighted by atomic mass is 16.3. The molecule has 5 rings (SSSR count). The number of aliphatic hydroxyl groups excluding tert-OH is 2. The van der Waals surface area contributed by atoms with Crippen molar-refractivity contribution in [3.63, 3.8) is 0 Å². The summed E-state index contributed by atoms with van der Waals surface area (Å²) in [5.74, 6) is -0.418. The molecule has 45 heavy (non-hydrogen) atoms. The second-order valence-electron chi connectivity index (χ2n) is 13.0. The molecule has 2 aromatic carbocycles. The summed E-state index contributed by atoms with van der Waals surface area (Å²) in [5, 5.41) is 28.5. The van der Waals surface area contributed by atoms with Gasteiger partial charge in [-0.3, -0.25) is 24.4 Å². The van der Waals surface area contributed by atoms with Gasteiger partial charge in [0.2, 0.25) is 11.8 Å². The average molecular weight is 614 g/mol. The number of hydrogen-bond acceptors (Lipinski definition) is 7. The second-order valence-corrected chi connectivity index (χ2v) is 13.0. The quantitative estimate of drug-likeness (QED) is 0.234. The number of piperazine rings is 1. The Hall–Kier alpha value is -3.63. The molecule has 4 N–H and O–H groups in total. The Morgan fingerprint density at radius 1 is 1.00 bits per heavy atom. The molecular weight excluding hydrogens is 566 g/mol. The maximum Gasteiger partial charge on any atom is 0.238 e. The summed E-state index contributed by atoms with van der Waals surface area (Å²) in [6, 6.07) is 20.7. The standard InChI is InChI=1S/C36H47N5O4/c1-25(2)20-38-36(45)32-24-40(22-27-11-8-14-37-21-27)15-16-41(32)23-30(42)18-29(17-26-9-4-3-5-10-26)35(44)39-34-31-13-7-6-12-28(31)19-33(34)43/h3-14,21,25,29-30,32-34,42-43H,15-20,22-24H2,1-2H3,(H,38,45)(H,39,44)/t29-,30+,32?,33-,34+/m1/s1. The van der Waals surface area contributed by atoms with Crippen LogP contribution in [0, 0.1) is 11.8 Å². The summed E-state index contributed by atoms with van der Waals surface area (Å²) >= 11 is 0. The van der Waals surface area contributed by atoms with Gasteiger partial charge >= 0.3 is 0 Å². The largest absolute Gasteiger partial charge is 0.392 e. The van der Waals surface area contributed by atoms with E-state index in [2.05, 4.69) is 39.3 Å². The first kappa shape index (κ1) is 32.8. The van der Waals surface area contributed by atoms with E-state index in [1.165, 1.54) is 0 Å². The molecule has 1 aromatic heterocycles. The lowest BCUT2D eigenvalue weighted by Gasteiger charge is -2.41. The number of fused-ring (bicyclic) bond motifs is 1. The van der Waals surface area contributed by atoms with Gasteiger partial charge < -0.3 is 20.8 Å². The van der Waals surface area contributed by atoms with Crippen molar-refractivity contribution in [3.8, 4) is 0 Å². The van der Waals surface area contributed by atoms with Crippen molar-refractivity contribution in [2.24, 2.45) is 11.8 Å². The fourth-order valence-corrected chi connectivity index (χ4v) is 6.53. The van der Waals surface area contributed by atoms with Crippen molar-refractivity contribution >= 4 is 11.8 Å². The number of amides is 2. The van der Waals surface area contributed by atoms with E-state index < -0.39 is 30.2 Å². The zero-order valence-electron chi connectivity index (χ0n) is 26.4. The predicted molar refractivity (Wildman–Crippen MR) is 174 cm³/mol. The SMILES string of the molecule is CC(C)CNC(=O)C1CN(Cc2cccnc2)CCN1C[C@@H](O)C[C@@H](Cc1ccccc1)C(=O)N[C@H]1c2ccccc2C[C@H]1O. The molecule has 1 aliphatic heterocycles. The summed E-state index contributed by atoms with van der Waals surface area (Å²) in [5.41, 5.74) is 4.08. The van der Waals surface area contributed by atoms with Crippen molar-refractivity contribution < 1.29 is 19.8 Å². The Morgan fingerprint density at radius 3 is 2.51 bits per heavy atom. The number of carbonyl (C=O) groups is 2. The molecule has 1 unspecified atom stereocenters. The lowest BCUT2D eigenvalue weighted by molar-refractivity contribution is -0.131. The molecule has 0 spiro atoms. The number of aliphatic hydroxyl groups is 2. The minimum absolute atomic E-state index is 0.0424. The number of rotatable bonds is 13. The van der Waals surface area contributed by atoms with Crippen LogP contribution in [0.1, 0.15) is 48.6 Å². The second kappa shape index (κ2) is 15.6. The van der Waals surface area contributed by atoms with E-state index in [9.17, 15) is 19.8 Å². The fraction of sp³-hybridized carbons (Fsp3) is 0.472.